The monoisotopic (exact) mass is 353 g/mol. The number of nitro groups is 1. The van der Waals surface area contributed by atoms with Crippen LogP contribution in [0, 0.1) is 10.1 Å². The zero-order valence-electron chi connectivity index (χ0n) is 10.8. The Bertz CT molecular complexity index is 685. The number of hydrogen-bond donors (Lipinski definition) is 2. The fraction of sp³-hybridized carbons (Fsp3) is 0.167. The number of benzene rings is 1. The predicted molar refractivity (Wildman–Crippen MR) is 80.0 cm³/mol. The highest BCUT2D eigenvalue weighted by Crippen LogP contribution is 2.27. The van der Waals surface area contributed by atoms with Crippen LogP contribution in [0.5, 0.6) is 0 Å². The molecule has 2 rings (SSSR count). The summed E-state index contributed by atoms with van der Waals surface area (Å²) < 4.78 is 2.04. The van der Waals surface area contributed by atoms with Gasteiger partial charge < -0.3 is 15.6 Å². The van der Waals surface area contributed by atoms with Crippen molar-refractivity contribution in [2.75, 3.05) is 11.9 Å². The molecular weight excluding hydrogens is 342 g/mol. The molecule has 0 atom stereocenters. The third kappa shape index (κ3) is 3.64. The van der Waals surface area contributed by atoms with E-state index in [4.69, 9.17) is 5.73 Å². The van der Waals surface area contributed by atoms with Gasteiger partial charge in [0.15, 0.2) is 0 Å². The van der Waals surface area contributed by atoms with Gasteiger partial charge in [-0.3, -0.25) is 14.9 Å². The van der Waals surface area contributed by atoms with E-state index in [1.54, 1.807) is 16.8 Å². The van der Waals surface area contributed by atoms with Crippen LogP contribution >= 0.6 is 15.9 Å². The number of carbonyl (C=O) groups is 1. The lowest BCUT2D eigenvalue weighted by molar-refractivity contribution is -0.385. The van der Waals surface area contributed by atoms with Crippen molar-refractivity contribution in [3.63, 3.8) is 0 Å². The van der Waals surface area contributed by atoms with Crippen LogP contribution in [-0.2, 0) is 6.54 Å². The van der Waals surface area contributed by atoms with Gasteiger partial charge in [0.1, 0.15) is 5.69 Å². The van der Waals surface area contributed by atoms with Gasteiger partial charge in [-0.1, -0.05) is 0 Å². The lowest BCUT2D eigenvalue weighted by Gasteiger charge is -2.04. The quantitative estimate of drug-likeness (QED) is 0.627. The number of imidazole rings is 1. The minimum absolute atomic E-state index is 0.124. The molecule has 3 N–H and O–H groups in total. The minimum atomic E-state index is -0.532. The van der Waals surface area contributed by atoms with Gasteiger partial charge >= 0.3 is 0 Å². The second-order valence-corrected chi connectivity index (χ2v) is 5.02. The van der Waals surface area contributed by atoms with E-state index in [0.717, 1.165) is 0 Å². The number of amides is 1. The molecule has 8 nitrogen and oxygen atoms in total. The molecule has 0 saturated carbocycles. The summed E-state index contributed by atoms with van der Waals surface area (Å²) in [4.78, 5) is 26.3. The van der Waals surface area contributed by atoms with Crippen molar-refractivity contribution in [1.29, 1.82) is 0 Å². The van der Waals surface area contributed by atoms with Gasteiger partial charge in [-0.2, -0.15) is 0 Å². The number of aromatic nitrogens is 2. The predicted octanol–water partition coefficient (Wildman–Crippen LogP) is 1.76. The van der Waals surface area contributed by atoms with Crippen LogP contribution in [0.25, 0.3) is 0 Å². The molecule has 1 heterocycles. The van der Waals surface area contributed by atoms with Gasteiger partial charge in [-0.15, -0.1) is 0 Å². The Morgan fingerprint density at radius 3 is 2.95 bits per heavy atom. The summed E-state index contributed by atoms with van der Waals surface area (Å²) in [5, 5.41) is 13.4. The van der Waals surface area contributed by atoms with E-state index in [1.807, 2.05) is 0 Å². The first kappa shape index (κ1) is 15.1. The largest absolute Gasteiger partial charge is 0.335 e. The molecule has 2 aromatic rings. The number of nitro benzene ring substituents is 1. The molecule has 0 unspecified atom stereocenters. The average Bonchev–Trinajstić information content (AvgIpc) is 2.90. The molecule has 1 aromatic heterocycles. The van der Waals surface area contributed by atoms with Crippen molar-refractivity contribution in [1.82, 2.24) is 9.55 Å². The Labute approximate surface area is 128 Å². The molecule has 9 heteroatoms. The smallest absolute Gasteiger partial charge is 0.285 e. The zero-order chi connectivity index (χ0) is 15.4. The fourth-order valence-electron chi connectivity index (χ4n) is 1.67. The molecule has 0 fully saturated rings. The second kappa shape index (κ2) is 6.46. The van der Waals surface area contributed by atoms with Crippen molar-refractivity contribution in [2.24, 2.45) is 5.73 Å². The van der Waals surface area contributed by atoms with E-state index in [0.29, 0.717) is 23.2 Å². The molecule has 0 bridgehead atoms. The van der Waals surface area contributed by atoms with Crippen molar-refractivity contribution >= 4 is 33.2 Å². The summed E-state index contributed by atoms with van der Waals surface area (Å²) in [5.41, 5.74) is 5.83. The maximum absolute atomic E-state index is 12.0. The van der Waals surface area contributed by atoms with Crippen LogP contribution in [-0.4, -0.2) is 26.9 Å². The third-order valence-electron chi connectivity index (χ3n) is 2.65. The molecule has 0 aliphatic carbocycles. The number of hydrogen-bond acceptors (Lipinski definition) is 5. The van der Waals surface area contributed by atoms with Gasteiger partial charge in [0.2, 0.25) is 0 Å². The summed E-state index contributed by atoms with van der Waals surface area (Å²) in [7, 11) is 0. The molecule has 0 radical (unpaired) electrons. The van der Waals surface area contributed by atoms with E-state index < -0.39 is 10.8 Å². The second-order valence-electron chi connectivity index (χ2n) is 4.16. The van der Waals surface area contributed by atoms with Crippen molar-refractivity contribution in [3.05, 3.63) is 51.0 Å². The Kier molecular flexibility index (Phi) is 4.66. The maximum atomic E-state index is 12.0. The first-order valence-electron chi connectivity index (χ1n) is 5.98. The molecule has 110 valence electrons. The number of anilines is 1. The average molecular weight is 354 g/mol. The number of carbonyl (C=O) groups excluding carboxylic acids is 1. The van der Waals surface area contributed by atoms with Crippen LogP contribution in [0.2, 0.25) is 0 Å². The first-order chi connectivity index (χ1) is 10.0. The highest BCUT2D eigenvalue weighted by atomic mass is 79.9. The fourth-order valence-corrected chi connectivity index (χ4v) is 2.07. The number of rotatable bonds is 5. The van der Waals surface area contributed by atoms with Gasteiger partial charge in [0.05, 0.1) is 15.7 Å². The van der Waals surface area contributed by atoms with Crippen LogP contribution in [0.15, 0.2) is 35.2 Å². The Balaban J connectivity index is 2.15. The normalized spacial score (nSPS) is 10.4. The van der Waals surface area contributed by atoms with E-state index in [-0.39, 0.29) is 11.4 Å². The van der Waals surface area contributed by atoms with Crippen LogP contribution in [0.1, 0.15) is 10.5 Å². The third-order valence-corrected chi connectivity index (χ3v) is 3.32. The Hall–Kier alpha value is -2.26. The molecule has 0 aliphatic heterocycles. The van der Waals surface area contributed by atoms with Crippen LogP contribution in [0.4, 0.5) is 11.4 Å². The number of nitrogens with one attached hydrogen (secondary N) is 1. The lowest BCUT2D eigenvalue weighted by Crippen LogP contribution is -2.13. The summed E-state index contributed by atoms with van der Waals surface area (Å²) in [6.45, 7) is 1.00. The topological polar surface area (TPSA) is 116 Å². The molecule has 0 saturated heterocycles. The first-order valence-corrected chi connectivity index (χ1v) is 6.77. The highest BCUT2D eigenvalue weighted by molar-refractivity contribution is 9.10. The molecule has 1 amide bonds. The van der Waals surface area contributed by atoms with E-state index >= 15 is 0 Å². The maximum Gasteiger partial charge on any atom is 0.285 e. The summed E-state index contributed by atoms with van der Waals surface area (Å²) in [5.74, 6) is -0.442. The highest BCUT2D eigenvalue weighted by Gasteiger charge is 2.15. The van der Waals surface area contributed by atoms with Gasteiger partial charge in [0.25, 0.3) is 11.6 Å². The van der Waals surface area contributed by atoms with E-state index in [9.17, 15) is 14.9 Å². The van der Waals surface area contributed by atoms with Crippen molar-refractivity contribution in [2.45, 2.75) is 6.54 Å². The summed E-state index contributed by atoms with van der Waals surface area (Å²) in [6, 6.07) is 4.34. The Morgan fingerprint density at radius 2 is 2.29 bits per heavy atom. The Morgan fingerprint density at radius 1 is 1.52 bits per heavy atom. The van der Waals surface area contributed by atoms with Gasteiger partial charge in [-0.05, 0) is 28.1 Å². The van der Waals surface area contributed by atoms with Gasteiger partial charge in [0, 0.05) is 31.0 Å². The minimum Gasteiger partial charge on any atom is -0.335 e. The van der Waals surface area contributed by atoms with Crippen molar-refractivity contribution < 1.29 is 9.72 Å². The lowest BCUT2D eigenvalue weighted by atomic mass is 10.2. The van der Waals surface area contributed by atoms with Gasteiger partial charge in [-0.25, -0.2) is 4.98 Å². The standard InChI is InChI=1S/C12H12BrN5O3/c13-9-2-1-8(5-11(9)18(20)21)16-12(19)10-6-17(4-3-14)7-15-10/h1-2,5-7H,3-4,14H2,(H,16,19). The molecule has 21 heavy (non-hydrogen) atoms. The number of halogens is 1. The summed E-state index contributed by atoms with van der Waals surface area (Å²) >= 11 is 3.08. The zero-order valence-corrected chi connectivity index (χ0v) is 12.4. The number of nitrogens with two attached hydrogens (primary N) is 1. The number of nitrogens with zero attached hydrogens (tertiary/aromatic N) is 3. The molecule has 1 aromatic carbocycles. The SMILES string of the molecule is NCCn1cnc(C(=O)Nc2ccc(Br)c([N+](=O)[O-])c2)c1. The van der Waals surface area contributed by atoms with Crippen molar-refractivity contribution in [3.8, 4) is 0 Å². The molecular formula is C12H12BrN5O3. The van der Waals surface area contributed by atoms with E-state index in [2.05, 4.69) is 26.2 Å². The van der Waals surface area contributed by atoms with E-state index in [1.165, 1.54) is 18.5 Å². The molecule has 0 aliphatic rings. The summed E-state index contributed by atoms with van der Waals surface area (Å²) in [6.07, 6.45) is 3.07. The van der Waals surface area contributed by atoms with Crippen LogP contribution < -0.4 is 11.1 Å². The molecule has 0 spiro atoms. The van der Waals surface area contributed by atoms with Crippen LogP contribution in [0.3, 0.4) is 0 Å².